The molecule has 7 nitrogen and oxygen atoms in total. The van der Waals surface area contributed by atoms with Gasteiger partial charge in [0.2, 0.25) is 0 Å². The third-order valence-electron chi connectivity index (χ3n) is 2.57. The highest BCUT2D eigenvalue weighted by atomic mass is 79.9. The molecule has 0 saturated carbocycles. The third kappa shape index (κ3) is 6.63. The number of carboxylic acid groups (broad SMARTS) is 1. The van der Waals surface area contributed by atoms with Gasteiger partial charge in [-0.15, -0.1) is 11.8 Å². The van der Waals surface area contributed by atoms with Crippen LogP contribution in [-0.2, 0) is 9.53 Å². The predicted molar refractivity (Wildman–Crippen MR) is 90.6 cm³/mol. The monoisotopic (exact) mass is 424 g/mol. The summed E-state index contributed by atoms with van der Waals surface area (Å²) < 4.78 is 18.7. The Morgan fingerprint density at radius 3 is 2.62 bits per heavy atom. The number of alkyl carbamates (subject to hydrolysis) is 1. The minimum atomic E-state index is -1.27. The van der Waals surface area contributed by atoms with Crippen LogP contribution in [0.25, 0.3) is 0 Å². The first-order chi connectivity index (χ1) is 11.0. The van der Waals surface area contributed by atoms with Crippen molar-refractivity contribution in [2.75, 3.05) is 5.75 Å². The van der Waals surface area contributed by atoms with Crippen LogP contribution in [0.5, 0.6) is 0 Å². The minimum Gasteiger partial charge on any atom is -0.630 e. The zero-order chi connectivity index (χ0) is 18.5. The van der Waals surface area contributed by atoms with Gasteiger partial charge in [-0.3, -0.25) is 0 Å². The molecule has 1 amide bonds. The highest BCUT2D eigenvalue weighted by molar-refractivity contribution is 9.10. The largest absolute Gasteiger partial charge is 0.630 e. The lowest BCUT2D eigenvalue weighted by atomic mass is 10.2. The molecule has 0 bridgehead atoms. The molecule has 10 heteroatoms. The van der Waals surface area contributed by atoms with E-state index in [0.717, 1.165) is 17.8 Å². The van der Waals surface area contributed by atoms with E-state index in [4.69, 9.17) is 4.74 Å². The van der Waals surface area contributed by atoms with Crippen LogP contribution in [0.2, 0.25) is 0 Å². The number of nitrogens with one attached hydrogen (secondary N) is 1. The van der Waals surface area contributed by atoms with Gasteiger partial charge in [0.1, 0.15) is 23.1 Å². The van der Waals surface area contributed by atoms with Crippen LogP contribution in [0.3, 0.4) is 0 Å². The lowest BCUT2D eigenvalue weighted by molar-refractivity contribution is -0.499. The maximum atomic E-state index is 13.6. The van der Waals surface area contributed by atoms with Crippen LogP contribution in [-0.4, -0.2) is 34.6 Å². The van der Waals surface area contributed by atoms with E-state index in [1.54, 1.807) is 20.8 Å². The summed E-state index contributed by atoms with van der Waals surface area (Å²) in [5.74, 6) is -1.94. The lowest BCUT2D eigenvalue weighted by Gasteiger charge is -2.22. The van der Waals surface area contributed by atoms with Gasteiger partial charge >= 0.3 is 12.1 Å². The molecule has 0 saturated heterocycles. The predicted octanol–water partition coefficient (Wildman–Crippen LogP) is 2.35. The van der Waals surface area contributed by atoms with E-state index in [-0.39, 0.29) is 20.8 Å². The molecule has 0 aliphatic rings. The molecule has 0 heterocycles. The van der Waals surface area contributed by atoms with Gasteiger partial charge in [-0.2, -0.15) is 0 Å². The first kappa shape index (κ1) is 20.7. The van der Waals surface area contributed by atoms with E-state index < -0.39 is 29.5 Å². The Kier molecular flexibility index (Phi) is 7.46. The molecule has 0 aliphatic heterocycles. The normalized spacial score (nSPS) is 12.6. The van der Waals surface area contributed by atoms with E-state index in [9.17, 15) is 24.3 Å². The number of carbonyl (C=O) groups is 2. The number of quaternary nitrogens is 1. The van der Waals surface area contributed by atoms with Gasteiger partial charge in [0.25, 0.3) is 0 Å². The number of benzene rings is 1. The van der Waals surface area contributed by atoms with E-state index in [1.165, 1.54) is 6.07 Å². The molecule has 4 N–H and O–H groups in total. The van der Waals surface area contributed by atoms with Gasteiger partial charge in [0.05, 0.1) is 9.37 Å². The highest BCUT2D eigenvalue weighted by Gasteiger charge is 2.25. The fourth-order valence-electron chi connectivity index (χ4n) is 1.56. The molecule has 0 spiro atoms. The molecule has 0 radical (unpaired) electrons. The number of rotatable bonds is 6. The number of nitrogens with two attached hydrogens (primary N) is 1. The van der Waals surface area contributed by atoms with Crippen LogP contribution in [0, 0.1) is 11.0 Å². The molecule has 24 heavy (non-hydrogen) atoms. The summed E-state index contributed by atoms with van der Waals surface area (Å²) in [7, 11) is 0. The Balaban J connectivity index is 2.79. The topological polar surface area (TPSA) is 115 Å². The maximum absolute atomic E-state index is 13.6. The van der Waals surface area contributed by atoms with Crippen molar-refractivity contribution in [1.82, 2.24) is 5.32 Å². The quantitative estimate of drug-likeness (QED) is 0.366. The number of carboxylic acids is 1. The Morgan fingerprint density at radius 2 is 2.12 bits per heavy atom. The van der Waals surface area contributed by atoms with Crippen molar-refractivity contribution in [2.24, 2.45) is 0 Å². The van der Waals surface area contributed by atoms with Crippen molar-refractivity contribution >= 4 is 45.4 Å². The smallest absolute Gasteiger partial charge is 0.408 e. The van der Waals surface area contributed by atoms with Gasteiger partial charge in [0, 0.05) is 11.8 Å². The zero-order valence-corrected chi connectivity index (χ0v) is 15.7. The number of carbonyl (C=O) groups excluding carboxylic acids is 1. The fourth-order valence-corrected chi connectivity index (χ4v) is 2.95. The lowest BCUT2D eigenvalue weighted by Crippen LogP contribution is -2.70. The van der Waals surface area contributed by atoms with E-state index >= 15 is 0 Å². The standard InChI is InChI=1S/C14H18BrFN2O5S/c1-14(2,3)23-13(21)17-10(12(19)20)6-24-11-5-8(16)7(15)4-9(11)18-22/h4-5,10H,6,18H2,1-3H3,(H,17,21)(H,19,20)/t10-/m0/s1. The summed E-state index contributed by atoms with van der Waals surface area (Å²) in [6, 6.07) is 1.18. The number of hydrogen-bond acceptors (Lipinski definition) is 5. The van der Waals surface area contributed by atoms with Crippen LogP contribution >= 0.6 is 27.7 Å². The summed E-state index contributed by atoms with van der Waals surface area (Å²) in [6.45, 7) is 4.95. The van der Waals surface area contributed by atoms with Crippen molar-refractivity contribution in [2.45, 2.75) is 37.3 Å². The fraction of sp³-hybridized carbons (Fsp3) is 0.429. The molecule has 0 unspecified atom stereocenters. The SMILES string of the molecule is CC(C)(C)OC(=O)N[C@@H](CSc1cc(F)c(Br)cc1[NH2+][O-])C(=O)O. The van der Waals surface area contributed by atoms with Crippen molar-refractivity contribution < 1.29 is 29.3 Å². The number of ether oxygens (including phenoxy) is 1. The molecule has 0 aliphatic carbocycles. The molecular formula is C14H18BrFN2O5S. The number of thioether (sulfide) groups is 1. The summed E-state index contributed by atoms with van der Waals surface area (Å²) in [5.41, 5.74) is -0.00155. The average Bonchev–Trinajstić information content (AvgIpc) is 2.44. The van der Waals surface area contributed by atoms with Gasteiger partial charge in [0.15, 0.2) is 0 Å². The maximum Gasteiger partial charge on any atom is 0.408 e. The van der Waals surface area contributed by atoms with E-state index in [2.05, 4.69) is 21.2 Å². The first-order valence-electron chi connectivity index (χ1n) is 6.83. The van der Waals surface area contributed by atoms with Gasteiger partial charge in [-0.05, 0) is 42.8 Å². The van der Waals surface area contributed by atoms with Gasteiger partial charge in [-0.1, -0.05) is 0 Å². The number of amides is 1. The number of aliphatic carboxylic acids is 1. The Morgan fingerprint density at radius 1 is 1.50 bits per heavy atom. The van der Waals surface area contributed by atoms with Gasteiger partial charge < -0.3 is 25.8 Å². The Labute approximate surface area is 151 Å². The summed E-state index contributed by atoms with van der Waals surface area (Å²) in [4.78, 5) is 23.2. The molecule has 1 aromatic carbocycles. The minimum absolute atomic E-state index is 0.101. The van der Waals surface area contributed by atoms with Crippen LogP contribution in [0.4, 0.5) is 14.9 Å². The average molecular weight is 425 g/mol. The van der Waals surface area contributed by atoms with Crippen molar-refractivity contribution in [3.63, 3.8) is 0 Å². The molecule has 1 atom stereocenters. The molecule has 0 aromatic heterocycles. The van der Waals surface area contributed by atoms with Crippen molar-refractivity contribution in [1.29, 1.82) is 0 Å². The Bertz CT molecular complexity index is 624. The molecule has 1 aromatic rings. The van der Waals surface area contributed by atoms with Crippen LogP contribution < -0.4 is 10.8 Å². The first-order valence-corrected chi connectivity index (χ1v) is 8.60. The Hall–Kier alpha value is -1.36. The summed E-state index contributed by atoms with van der Waals surface area (Å²) >= 11 is 3.92. The number of hydrogen-bond donors (Lipinski definition) is 3. The molecule has 134 valence electrons. The van der Waals surface area contributed by atoms with Crippen LogP contribution in [0.1, 0.15) is 20.8 Å². The van der Waals surface area contributed by atoms with Gasteiger partial charge in [-0.25, -0.2) is 14.0 Å². The van der Waals surface area contributed by atoms with Crippen LogP contribution in [0.15, 0.2) is 21.5 Å². The molecular weight excluding hydrogens is 407 g/mol. The third-order valence-corrected chi connectivity index (χ3v) is 4.35. The highest BCUT2D eigenvalue weighted by Crippen LogP contribution is 2.30. The van der Waals surface area contributed by atoms with Crippen molar-refractivity contribution in [3.8, 4) is 0 Å². The summed E-state index contributed by atoms with van der Waals surface area (Å²) in [6.07, 6.45) is -0.868. The number of halogens is 2. The molecule has 0 fully saturated rings. The van der Waals surface area contributed by atoms with Crippen molar-refractivity contribution in [3.05, 3.63) is 27.6 Å². The molecule has 1 rings (SSSR count). The zero-order valence-electron chi connectivity index (χ0n) is 13.3. The van der Waals surface area contributed by atoms with E-state index in [1.807, 2.05) is 0 Å². The second kappa shape index (κ2) is 8.65. The second-order valence-electron chi connectivity index (χ2n) is 5.77. The van der Waals surface area contributed by atoms with E-state index in [0.29, 0.717) is 5.48 Å². The summed E-state index contributed by atoms with van der Waals surface area (Å²) in [5, 5.41) is 22.5. The second-order valence-corrected chi connectivity index (χ2v) is 7.69.